The van der Waals surface area contributed by atoms with Crippen molar-refractivity contribution in [2.45, 2.75) is 58.6 Å². The Morgan fingerprint density at radius 2 is 1.81 bits per heavy atom. The summed E-state index contributed by atoms with van der Waals surface area (Å²) in [5.41, 5.74) is 4.30. The number of rotatable bonds is 6. The molecule has 1 aromatic rings. The van der Waals surface area contributed by atoms with Gasteiger partial charge in [-0.15, -0.1) is 0 Å². The monoisotopic (exact) mass is 376 g/mol. The van der Waals surface area contributed by atoms with Crippen LogP contribution in [0.2, 0.25) is 0 Å². The highest BCUT2D eigenvalue weighted by molar-refractivity contribution is 5.79. The molecular weight excluding hydrogens is 344 g/mol. The zero-order valence-corrected chi connectivity index (χ0v) is 17.2. The molecular formula is C21H32N2O4. The van der Waals surface area contributed by atoms with Crippen molar-refractivity contribution in [3.63, 3.8) is 0 Å². The third kappa shape index (κ3) is 4.51. The number of carbonyl (C=O) groups excluding carboxylic acids is 1. The van der Waals surface area contributed by atoms with Crippen molar-refractivity contribution in [2.75, 3.05) is 33.4 Å². The van der Waals surface area contributed by atoms with Gasteiger partial charge in [-0.05, 0) is 57.2 Å². The number of hydrogen-bond donors (Lipinski definition) is 0. The minimum Gasteiger partial charge on any atom is -0.376 e. The van der Waals surface area contributed by atoms with Gasteiger partial charge in [-0.3, -0.25) is 9.63 Å². The van der Waals surface area contributed by atoms with Gasteiger partial charge in [0.05, 0.1) is 32.3 Å². The van der Waals surface area contributed by atoms with Gasteiger partial charge in [0.1, 0.15) is 6.10 Å². The third-order valence-corrected chi connectivity index (χ3v) is 5.80. The van der Waals surface area contributed by atoms with E-state index in [0.29, 0.717) is 19.6 Å². The Bertz CT molecular complexity index is 656. The average Bonchev–Trinajstić information content (AvgIpc) is 2.57. The number of ether oxygens (including phenoxy) is 1. The molecule has 0 bridgehead atoms. The Morgan fingerprint density at radius 1 is 1.22 bits per heavy atom. The number of aryl methyl sites for hydroxylation is 3. The van der Waals surface area contributed by atoms with Crippen LogP contribution < -0.4 is 0 Å². The van der Waals surface area contributed by atoms with Gasteiger partial charge in [-0.2, -0.15) is 5.06 Å². The highest BCUT2D eigenvalue weighted by Gasteiger charge is 2.42. The van der Waals surface area contributed by atoms with Gasteiger partial charge in [0.15, 0.2) is 0 Å². The van der Waals surface area contributed by atoms with Crippen LogP contribution in [-0.4, -0.2) is 61.1 Å². The molecule has 1 aromatic carbocycles. The average molecular weight is 376 g/mol. The van der Waals surface area contributed by atoms with Crippen molar-refractivity contribution < 1.29 is 19.2 Å². The lowest BCUT2D eigenvalue weighted by atomic mass is 9.89. The van der Waals surface area contributed by atoms with Crippen LogP contribution in [0.15, 0.2) is 12.1 Å². The molecule has 3 rings (SSSR count). The number of amides is 1. The third-order valence-electron chi connectivity index (χ3n) is 5.80. The summed E-state index contributed by atoms with van der Waals surface area (Å²) < 4.78 is 5.25. The van der Waals surface area contributed by atoms with E-state index in [2.05, 4.69) is 39.8 Å². The van der Waals surface area contributed by atoms with Crippen LogP contribution in [0, 0.1) is 20.8 Å². The van der Waals surface area contributed by atoms with Gasteiger partial charge in [-0.25, -0.2) is 5.06 Å². The number of nitrogens with zero attached hydrogens (tertiary/aromatic N) is 2. The van der Waals surface area contributed by atoms with Crippen molar-refractivity contribution in [2.24, 2.45) is 0 Å². The van der Waals surface area contributed by atoms with Crippen LogP contribution in [-0.2, 0) is 25.6 Å². The maximum absolute atomic E-state index is 13.3. The van der Waals surface area contributed by atoms with E-state index in [1.165, 1.54) is 5.56 Å². The fourth-order valence-corrected chi connectivity index (χ4v) is 3.98. The molecule has 6 heteroatoms. The second kappa shape index (κ2) is 8.27. The molecule has 0 atom stereocenters. The zero-order chi connectivity index (χ0) is 19.6. The van der Waals surface area contributed by atoms with E-state index in [4.69, 9.17) is 14.4 Å². The standard InChI is InChI=1S/C21H32N2O4/c1-15-10-16(2)19(17(3)11-15)12-20(24)23(27-18-13-26-14-18)21(4)6-8-22(25-5)9-7-21/h10-11,18H,6-9,12-14H2,1-5H3. The summed E-state index contributed by atoms with van der Waals surface area (Å²) in [5, 5.41) is 3.59. The first kappa shape index (κ1) is 20.3. The molecule has 0 unspecified atom stereocenters. The van der Waals surface area contributed by atoms with Crippen LogP contribution in [0.3, 0.4) is 0 Å². The first-order chi connectivity index (χ1) is 12.8. The van der Waals surface area contributed by atoms with Gasteiger partial charge >= 0.3 is 0 Å². The minimum absolute atomic E-state index is 0.0188. The molecule has 1 amide bonds. The van der Waals surface area contributed by atoms with Gasteiger partial charge in [0.25, 0.3) is 5.91 Å². The second-order valence-corrected chi connectivity index (χ2v) is 8.12. The molecule has 0 N–H and O–H groups in total. The van der Waals surface area contributed by atoms with E-state index < -0.39 is 0 Å². The molecule has 2 aliphatic heterocycles. The Kier molecular flexibility index (Phi) is 6.21. The summed E-state index contributed by atoms with van der Waals surface area (Å²) in [5.74, 6) is 0.0188. The summed E-state index contributed by atoms with van der Waals surface area (Å²) in [6.45, 7) is 11.0. The number of benzene rings is 1. The smallest absolute Gasteiger partial charge is 0.251 e. The van der Waals surface area contributed by atoms with Gasteiger partial charge < -0.3 is 9.57 Å². The first-order valence-electron chi connectivity index (χ1n) is 9.76. The van der Waals surface area contributed by atoms with Crippen LogP contribution in [0.25, 0.3) is 0 Å². The summed E-state index contributed by atoms with van der Waals surface area (Å²) in [7, 11) is 1.69. The maximum atomic E-state index is 13.3. The molecule has 0 aliphatic carbocycles. The normalized spacial score (nSPS) is 20.3. The van der Waals surface area contributed by atoms with E-state index in [1.54, 1.807) is 12.2 Å². The largest absolute Gasteiger partial charge is 0.376 e. The van der Waals surface area contributed by atoms with Crippen LogP contribution in [0.4, 0.5) is 0 Å². The number of hydroxylamine groups is 4. The molecule has 2 saturated heterocycles. The van der Waals surface area contributed by atoms with Gasteiger partial charge in [0.2, 0.25) is 0 Å². The van der Waals surface area contributed by atoms with E-state index in [0.717, 1.165) is 42.6 Å². The Balaban J connectivity index is 1.79. The lowest BCUT2D eigenvalue weighted by Crippen LogP contribution is -2.58. The quantitative estimate of drug-likeness (QED) is 0.715. The van der Waals surface area contributed by atoms with Crippen molar-refractivity contribution in [3.05, 3.63) is 34.4 Å². The molecule has 6 nitrogen and oxygen atoms in total. The fraction of sp³-hybridized carbons (Fsp3) is 0.667. The van der Waals surface area contributed by atoms with Crippen LogP contribution >= 0.6 is 0 Å². The Morgan fingerprint density at radius 3 is 2.30 bits per heavy atom. The minimum atomic E-state index is -0.339. The first-order valence-corrected chi connectivity index (χ1v) is 9.76. The number of carbonyl (C=O) groups is 1. The van der Waals surface area contributed by atoms with E-state index >= 15 is 0 Å². The number of piperidine rings is 1. The van der Waals surface area contributed by atoms with Crippen molar-refractivity contribution in [1.82, 2.24) is 10.1 Å². The summed E-state index contributed by atoms with van der Waals surface area (Å²) in [4.78, 5) is 24.8. The highest BCUT2D eigenvalue weighted by atomic mass is 16.7. The van der Waals surface area contributed by atoms with E-state index in [9.17, 15) is 4.79 Å². The lowest BCUT2D eigenvalue weighted by Gasteiger charge is -2.46. The summed E-state index contributed by atoms with van der Waals surface area (Å²) >= 11 is 0. The molecule has 0 radical (unpaired) electrons. The molecule has 150 valence electrons. The Hall–Kier alpha value is -1.47. The highest BCUT2D eigenvalue weighted by Crippen LogP contribution is 2.31. The molecule has 0 saturated carbocycles. The van der Waals surface area contributed by atoms with Gasteiger partial charge in [0, 0.05) is 13.1 Å². The Labute approximate surface area is 162 Å². The van der Waals surface area contributed by atoms with Gasteiger partial charge in [-0.1, -0.05) is 17.7 Å². The molecule has 2 fully saturated rings. The predicted octanol–water partition coefficient (Wildman–Crippen LogP) is 2.73. The topological polar surface area (TPSA) is 51.2 Å². The molecule has 27 heavy (non-hydrogen) atoms. The van der Waals surface area contributed by atoms with Crippen molar-refractivity contribution in [3.8, 4) is 0 Å². The fourth-order valence-electron chi connectivity index (χ4n) is 3.98. The van der Waals surface area contributed by atoms with Crippen LogP contribution in [0.1, 0.15) is 42.0 Å². The lowest BCUT2D eigenvalue weighted by molar-refractivity contribution is -0.292. The van der Waals surface area contributed by atoms with E-state index in [1.807, 2.05) is 5.06 Å². The molecule has 0 spiro atoms. The van der Waals surface area contributed by atoms with Crippen LogP contribution in [0.5, 0.6) is 0 Å². The second-order valence-electron chi connectivity index (χ2n) is 8.12. The van der Waals surface area contributed by atoms with E-state index in [-0.39, 0.29) is 17.6 Å². The SMILES string of the molecule is CON1CCC(C)(N(OC2COC2)C(=O)Cc2c(C)cc(C)cc2C)CC1. The maximum Gasteiger partial charge on any atom is 0.251 e. The van der Waals surface area contributed by atoms with Crippen molar-refractivity contribution in [1.29, 1.82) is 0 Å². The molecule has 2 aliphatic rings. The summed E-state index contributed by atoms with van der Waals surface area (Å²) in [6, 6.07) is 4.28. The zero-order valence-electron chi connectivity index (χ0n) is 17.2. The molecule has 0 aromatic heterocycles. The molecule has 2 heterocycles. The van der Waals surface area contributed by atoms with Crippen molar-refractivity contribution >= 4 is 5.91 Å². The number of hydrogen-bond acceptors (Lipinski definition) is 5. The predicted molar refractivity (Wildman–Crippen MR) is 103 cm³/mol. The summed E-state index contributed by atoms with van der Waals surface area (Å²) in [6.07, 6.45) is 1.94.